The fourth-order valence-corrected chi connectivity index (χ4v) is 5.03. The summed E-state index contributed by atoms with van der Waals surface area (Å²) in [5.41, 5.74) is -2.30. The summed E-state index contributed by atoms with van der Waals surface area (Å²) >= 11 is 0. The SMILES string of the molecule is CC(C)(C)OC(=O)N(C(=O)OC(C)(C)C)[C@@](C)(CCCOc1cc(F)c(-n2c(N)c(C(=O)c3ccc(F)cc3F)ccc2=O)c(F)c1)C(=O)OC(C)(C)C. The average molecular weight is 764 g/mol. The van der Waals surface area contributed by atoms with E-state index in [2.05, 4.69) is 0 Å². The summed E-state index contributed by atoms with van der Waals surface area (Å²) in [7, 11) is 0. The minimum Gasteiger partial charge on any atom is -0.493 e. The zero-order chi connectivity index (χ0) is 41.1. The van der Waals surface area contributed by atoms with E-state index in [9.17, 15) is 32.8 Å². The molecule has 12 nitrogen and oxygen atoms in total. The second kappa shape index (κ2) is 15.9. The molecule has 54 heavy (non-hydrogen) atoms. The lowest BCUT2D eigenvalue weighted by atomic mass is 9.93. The third-order valence-corrected chi connectivity index (χ3v) is 7.33. The summed E-state index contributed by atoms with van der Waals surface area (Å²) in [4.78, 5) is 67.0. The maximum absolute atomic E-state index is 15.5. The number of anilines is 1. The van der Waals surface area contributed by atoms with E-state index in [1.807, 2.05) is 0 Å². The number of amides is 2. The quantitative estimate of drug-likeness (QED) is 0.0716. The summed E-state index contributed by atoms with van der Waals surface area (Å²) in [6.07, 6.45) is -2.76. The molecule has 0 aliphatic rings. The van der Waals surface area contributed by atoms with Crippen LogP contribution in [0.3, 0.4) is 0 Å². The number of imide groups is 1. The van der Waals surface area contributed by atoms with Crippen molar-refractivity contribution < 1.29 is 55.7 Å². The first-order valence-corrected chi connectivity index (χ1v) is 16.8. The molecule has 1 atom stereocenters. The van der Waals surface area contributed by atoms with Gasteiger partial charge in [-0.2, -0.15) is 4.90 Å². The van der Waals surface area contributed by atoms with Crippen molar-refractivity contribution in [2.45, 2.75) is 104 Å². The maximum Gasteiger partial charge on any atom is 0.420 e. The van der Waals surface area contributed by atoms with Crippen molar-refractivity contribution in [2.75, 3.05) is 12.3 Å². The molecular weight excluding hydrogens is 718 g/mol. The molecule has 0 bridgehead atoms. The van der Waals surface area contributed by atoms with Crippen molar-refractivity contribution in [1.82, 2.24) is 9.47 Å². The van der Waals surface area contributed by atoms with Crippen LogP contribution in [-0.4, -0.2) is 62.4 Å². The highest BCUT2D eigenvalue weighted by Gasteiger charge is 2.51. The van der Waals surface area contributed by atoms with Gasteiger partial charge < -0.3 is 24.7 Å². The molecule has 16 heteroatoms. The number of carbonyl (C=O) groups excluding carboxylic acids is 4. The summed E-state index contributed by atoms with van der Waals surface area (Å²) < 4.78 is 81.3. The Kier molecular flexibility index (Phi) is 12.7. The predicted molar refractivity (Wildman–Crippen MR) is 189 cm³/mol. The molecule has 0 radical (unpaired) electrons. The Morgan fingerprint density at radius 3 is 1.69 bits per heavy atom. The number of ketones is 1. The zero-order valence-corrected chi connectivity index (χ0v) is 31.8. The number of hydrogen-bond donors (Lipinski definition) is 1. The average Bonchev–Trinajstić information content (AvgIpc) is 2.97. The number of aromatic nitrogens is 1. The molecule has 2 aromatic carbocycles. The van der Waals surface area contributed by atoms with E-state index in [1.54, 1.807) is 62.3 Å². The molecule has 2 N–H and O–H groups in total. The molecule has 0 aliphatic heterocycles. The van der Waals surface area contributed by atoms with E-state index >= 15 is 8.78 Å². The first-order valence-electron chi connectivity index (χ1n) is 16.8. The van der Waals surface area contributed by atoms with E-state index in [4.69, 9.17) is 24.7 Å². The molecule has 0 saturated carbocycles. The third-order valence-electron chi connectivity index (χ3n) is 7.33. The van der Waals surface area contributed by atoms with E-state index in [1.165, 1.54) is 6.92 Å². The summed E-state index contributed by atoms with van der Waals surface area (Å²) in [5.74, 6) is -7.97. The van der Waals surface area contributed by atoms with Gasteiger partial charge in [0.15, 0.2) is 23.0 Å². The van der Waals surface area contributed by atoms with Gasteiger partial charge in [-0.15, -0.1) is 0 Å². The van der Waals surface area contributed by atoms with Crippen LogP contribution in [0.25, 0.3) is 5.69 Å². The molecule has 294 valence electrons. The Morgan fingerprint density at radius 2 is 1.20 bits per heavy atom. The standard InChI is InChI=1S/C38H45F4N3O9/c1-35(2,3)52-32(48)38(10,45(33(49)53-36(4,5)6)34(50)54-37(7,8)9)16-11-17-51-22-19-26(41)29(27(42)20-22)44-28(46)15-14-24(31(44)43)30(47)23-13-12-21(39)18-25(23)40/h12-15,18-20H,11,16-17,43H2,1-10H3/t38-/m0/s1. The summed E-state index contributed by atoms with van der Waals surface area (Å²) in [5, 5.41) is 0. The van der Waals surface area contributed by atoms with Crippen LogP contribution in [0.5, 0.6) is 5.75 Å². The van der Waals surface area contributed by atoms with Crippen molar-refractivity contribution >= 4 is 29.8 Å². The molecule has 0 saturated heterocycles. The molecular formula is C38H45F4N3O9. The van der Waals surface area contributed by atoms with Gasteiger partial charge in [-0.3, -0.25) is 14.2 Å². The summed E-state index contributed by atoms with van der Waals surface area (Å²) in [6, 6.07) is 5.37. The van der Waals surface area contributed by atoms with Crippen molar-refractivity contribution in [2.24, 2.45) is 0 Å². The number of rotatable bonds is 10. The van der Waals surface area contributed by atoms with Gasteiger partial charge in [0.05, 0.1) is 17.7 Å². The zero-order valence-electron chi connectivity index (χ0n) is 31.8. The van der Waals surface area contributed by atoms with Crippen LogP contribution in [0.2, 0.25) is 0 Å². The number of nitrogens with two attached hydrogens (primary N) is 1. The number of hydrogen-bond acceptors (Lipinski definition) is 10. The van der Waals surface area contributed by atoms with E-state index in [0.29, 0.717) is 15.5 Å². The first-order chi connectivity index (χ1) is 24.6. The Balaban J connectivity index is 1.94. The molecule has 3 aromatic rings. The highest BCUT2D eigenvalue weighted by molar-refractivity contribution is 6.11. The molecule has 0 spiro atoms. The molecule has 0 aliphatic carbocycles. The molecule has 3 rings (SSSR count). The van der Waals surface area contributed by atoms with Crippen molar-refractivity contribution in [1.29, 1.82) is 0 Å². The molecule has 0 fully saturated rings. The lowest BCUT2D eigenvalue weighted by Gasteiger charge is -2.40. The number of halogens is 4. The Labute approximate surface area is 310 Å². The molecule has 0 unspecified atom stereocenters. The van der Waals surface area contributed by atoms with Gasteiger partial charge in [-0.05, 0) is 100 Å². The fourth-order valence-electron chi connectivity index (χ4n) is 5.03. The van der Waals surface area contributed by atoms with Gasteiger partial charge in [0, 0.05) is 24.3 Å². The fraction of sp³-hybridized carbons (Fsp3) is 0.447. The summed E-state index contributed by atoms with van der Waals surface area (Å²) in [6.45, 7) is 15.1. The lowest BCUT2D eigenvalue weighted by Crippen LogP contribution is -2.60. The number of nitrogens with zero attached hydrogens (tertiary/aromatic N) is 2. The lowest BCUT2D eigenvalue weighted by molar-refractivity contribution is -0.168. The van der Waals surface area contributed by atoms with Gasteiger partial charge in [0.1, 0.15) is 45.7 Å². The second-order valence-corrected chi connectivity index (χ2v) is 15.5. The number of benzene rings is 2. The Hall–Kier alpha value is -5.41. The van der Waals surface area contributed by atoms with Crippen molar-refractivity contribution in [3.05, 3.63) is 87.2 Å². The van der Waals surface area contributed by atoms with Crippen molar-refractivity contribution in [3.8, 4) is 11.4 Å². The largest absolute Gasteiger partial charge is 0.493 e. The van der Waals surface area contributed by atoms with Crippen LogP contribution < -0.4 is 16.0 Å². The maximum atomic E-state index is 15.5. The van der Waals surface area contributed by atoms with E-state index in [-0.39, 0.29) is 25.2 Å². The van der Waals surface area contributed by atoms with Crippen LogP contribution in [0.1, 0.15) is 98.0 Å². The van der Waals surface area contributed by atoms with Crippen LogP contribution in [0, 0.1) is 23.3 Å². The molecule has 2 amide bonds. The smallest absolute Gasteiger partial charge is 0.420 e. The molecule has 1 aromatic heterocycles. The highest BCUT2D eigenvalue weighted by Crippen LogP contribution is 2.31. The number of pyridine rings is 1. The van der Waals surface area contributed by atoms with Crippen LogP contribution >= 0.6 is 0 Å². The number of ether oxygens (including phenoxy) is 4. The Morgan fingerprint density at radius 1 is 0.704 bits per heavy atom. The second-order valence-electron chi connectivity index (χ2n) is 15.5. The normalized spacial score (nSPS) is 13.1. The van der Waals surface area contributed by atoms with E-state index < -0.39 is 97.7 Å². The Bertz CT molecular complexity index is 1940. The van der Waals surface area contributed by atoms with Gasteiger partial charge in [0.2, 0.25) is 0 Å². The number of nitrogen functional groups attached to an aromatic ring is 1. The van der Waals surface area contributed by atoms with Crippen LogP contribution in [0.15, 0.2) is 47.3 Å². The predicted octanol–water partition coefficient (Wildman–Crippen LogP) is 7.64. The van der Waals surface area contributed by atoms with Crippen LogP contribution in [-0.2, 0) is 19.0 Å². The first kappa shape index (κ1) is 43.0. The monoisotopic (exact) mass is 763 g/mol. The van der Waals surface area contributed by atoms with Crippen LogP contribution in [0.4, 0.5) is 33.0 Å². The minimum atomic E-state index is -2.03. The van der Waals surface area contributed by atoms with Gasteiger partial charge in [-0.25, -0.2) is 31.9 Å². The van der Waals surface area contributed by atoms with Gasteiger partial charge in [0.25, 0.3) is 5.56 Å². The third kappa shape index (κ3) is 10.6. The number of esters is 1. The topological polar surface area (TPSA) is 156 Å². The highest BCUT2D eigenvalue weighted by atomic mass is 19.1. The molecule has 1 heterocycles. The van der Waals surface area contributed by atoms with Gasteiger partial charge in [-0.1, -0.05) is 0 Å². The van der Waals surface area contributed by atoms with Crippen molar-refractivity contribution in [3.63, 3.8) is 0 Å². The number of carbonyl (C=O) groups is 4. The van der Waals surface area contributed by atoms with Gasteiger partial charge >= 0.3 is 18.2 Å². The van der Waals surface area contributed by atoms with E-state index in [0.717, 1.165) is 36.4 Å². The minimum absolute atomic E-state index is 0.0979.